The highest BCUT2D eigenvalue weighted by molar-refractivity contribution is 5.80. The number of nitrogens with zero attached hydrogens (tertiary/aromatic N) is 2. The fourth-order valence-electron chi connectivity index (χ4n) is 2.44. The highest BCUT2D eigenvalue weighted by Crippen LogP contribution is 2.23. The van der Waals surface area contributed by atoms with Crippen LogP contribution in [0.2, 0.25) is 0 Å². The van der Waals surface area contributed by atoms with Crippen LogP contribution < -0.4 is 15.4 Å². The summed E-state index contributed by atoms with van der Waals surface area (Å²) in [5.41, 5.74) is 1.20. The predicted molar refractivity (Wildman–Crippen MR) is 97.8 cm³/mol. The maximum Gasteiger partial charge on any atom is 0.191 e. The van der Waals surface area contributed by atoms with Gasteiger partial charge in [0.15, 0.2) is 5.96 Å². The maximum absolute atomic E-state index is 5.34. The molecule has 1 aliphatic rings. The Labute approximate surface area is 145 Å². The number of rotatable bonds is 9. The van der Waals surface area contributed by atoms with Crippen molar-refractivity contribution >= 4 is 5.96 Å². The van der Waals surface area contributed by atoms with Gasteiger partial charge in [0.1, 0.15) is 5.75 Å². The van der Waals surface area contributed by atoms with E-state index in [1.54, 1.807) is 14.2 Å². The molecule has 0 bridgehead atoms. The monoisotopic (exact) mass is 334 g/mol. The first-order chi connectivity index (χ1) is 11.6. The number of guanidine groups is 1. The summed E-state index contributed by atoms with van der Waals surface area (Å²) in [6.45, 7) is 2.09. The highest BCUT2D eigenvalue weighted by atomic mass is 16.5. The van der Waals surface area contributed by atoms with E-state index in [1.807, 2.05) is 12.1 Å². The van der Waals surface area contributed by atoms with Gasteiger partial charge in [-0.3, -0.25) is 4.99 Å². The van der Waals surface area contributed by atoms with Crippen LogP contribution in [-0.4, -0.2) is 64.9 Å². The molecular weight excluding hydrogens is 304 g/mol. The van der Waals surface area contributed by atoms with Gasteiger partial charge in [-0.1, -0.05) is 12.1 Å². The van der Waals surface area contributed by atoms with Crippen molar-refractivity contribution in [3.8, 4) is 5.75 Å². The third-order valence-electron chi connectivity index (χ3n) is 4.04. The molecule has 1 saturated carbocycles. The highest BCUT2D eigenvalue weighted by Gasteiger charge is 2.22. The van der Waals surface area contributed by atoms with Crippen LogP contribution in [0.15, 0.2) is 29.3 Å². The first-order valence-corrected chi connectivity index (χ1v) is 8.48. The van der Waals surface area contributed by atoms with Gasteiger partial charge in [0, 0.05) is 19.7 Å². The molecule has 0 radical (unpaired) electrons. The van der Waals surface area contributed by atoms with E-state index < -0.39 is 0 Å². The van der Waals surface area contributed by atoms with Gasteiger partial charge in [0.25, 0.3) is 0 Å². The SMILES string of the molecule is COCCNC(=NC[C@@H](c1cccc(OC)c1)N(C)C)NC1CC1. The Morgan fingerprint density at radius 2 is 2.12 bits per heavy atom. The first-order valence-electron chi connectivity index (χ1n) is 8.48. The van der Waals surface area contributed by atoms with Gasteiger partial charge >= 0.3 is 0 Å². The van der Waals surface area contributed by atoms with E-state index in [2.05, 4.69) is 41.8 Å². The van der Waals surface area contributed by atoms with Gasteiger partial charge in [-0.15, -0.1) is 0 Å². The molecule has 2 rings (SSSR count). The molecule has 134 valence electrons. The van der Waals surface area contributed by atoms with Crippen molar-refractivity contribution in [1.82, 2.24) is 15.5 Å². The summed E-state index contributed by atoms with van der Waals surface area (Å²) in [5.74, 6) is 1.74. The van der Waals surface area contributed by atoms with Crippen LogP contribution in [0.3, 0.4) is 0 Å². The number of benzene rings is 1. The summed E-state index contributed by atoms with van der Waals surface area (Å²) in [4.78, 5) is 6.97. The lowest BCUT2D eigenvalue weighted by Crippen LogP contribution is -2.40. The largest absolute Gasteiger partial charge is 0.497 e. The van der Waals surface area contributed by atoms with Crippen LogP contribution >= 0.6 is 0 Å². The molecule has 0 aliphatic heterocycles. The number of nitrogens with one attached hydrogen (secondary N) is 2. The van der Waals surface area contributed by atoms with Crippen LogP contribution in [0.1, 0.15) is 24.4 Å². The zero-order valence-corrected chi connectivity index (χ0v) is 15.2. The van der Waals surface area contributed by atoms with E-state index in [-0.39, 0.29) is 6.04 Å². The van der Waals surface area contributed by atoms with E-state index in [0.29, 0.717) is 19.2 Å². The minimum absolute atomic E-state index is 0.195. The van der Waals surface area contributed by atoms with Gasteiger partial charge in [0.05, 0.1) is 26.3 Å². The summed E-state index contributed by atoms with van der Waals surface area (Å²) in [5, 5.41) is 6.79. The molecule has 0 aromatic heterocycles. The zero-order valence-electron chi connectivity index (χ0n) is 15.2. The Hall–Kier alpha value is -1.79. The molecule has 1 fully saturated rings. The number of ether oxygens (including phenoxy) is 2. The molecule has 1 aromatic carbocycles. The van der Waals surface area contributed by atoms with Crippen molar-refractivity contribution in [3.05, 3.63) is 29.8 Å². The number of methoxy groups -OCH3 is 2. The zero-order chi connectivity index (χ0) is 17.4. The van der Waals surface area contributed by atoms with Crippen LogP contribution in [0.5, 0.6) is 5.75 Å². The average Bonchev–Trinajstić information content (AvgIpc) is 3.39. The van der Waals surface area contributed by atoms with Gasteiger partial charge in [-0.05, 0) is 44.6 Å². The summed E-state index contributed by atoms with van der Waals surface area (Å²) >= 11 is 0. The lowest BCUT2D eigenvalue weighted by Gasteiger charge is -2.24. The first kappa shape index (κ1) is 18.5. The van der Waals surface area contributed by atoms with E-state index in [1.165, 1.54) is 18.4 Å². The molecule has 1 atom stereocenters. The van der Waals surface area contributed by atoms with E-state index in [4.69, 9.17) is 14.5 Å². The van der Waals surface area contributed by atoms with E-state index in [9.17, 15) is 0 Å². The van der Waals surface area contributed by atoms with Crippen molar-refractivity contribution in [3.63, 3.8) is 0 Å². The summed E-state index contributed by atoms with van der Waals surface area (Å²) < 4.78 is 10.4. The second kappa shape index (κ2) is 9.49. The van der Waals surface area contributed by atoms with Crippen molar-refractivity contribution < 1.29 is 9.47 Å². The molecule has 1 aliphatic carbocycles. The Morgan fingerprint density at radius 1 is 1.33 bits per heavy atom. The molecule has 24 heavy (non-hydrogen) atoms. The molecule has 6 heteroatoms. The normalized spacial score (nSPS) is 16.1. The van der Waals surface area contributed by atoms with Crippen LogP contribution in [-0.2, 0) is 4.74 Å². The number of hydrogen-bond acceptors (Lipinski definition) is 4. The number of hydrogen-bond donors (Lipinski definition) is 2. The summed E-state index contributed by atoms with van der Waals surface area (Å²) in [6.07, 6.45) is 2.44. The average molecular weight is 334 g/mol. The van der Waals surface area contributed by atoms with Crippen molar-refractivity contribution in [2.45, 2.75) is 24.9 Å². The Kier molecular flexibility index (Phi) is 7.34. The van der Waals surface area contributed by atoms with Crippen LogP contribution in [0, 0.1) is 0 Å². The Morgan fingerprint density at radius 3 is 2.75 bits per heavy atom. The third kappa shape index (κ3) is 6.02. The number of likely N-dealkylation sites (N-methyl/N-ethyl adjacent to an activating group) is 1. The van der Waals surface area contributed by atoms with Crippen molar-refractivity contribution in [1.29, 1.82) is 0 Å². The molecule has 0 heterocycles. The van der Waals surface area contributed by atoms with E-state index in [0.717, 1.165) is 18.3 Å². The molecular formula is C18H30N4O2. The van der Waals surface area contributed by atoms with Gasteiger partial charge in [-0.25, -0.2) is 0 Å². The second-order valence-electron chi connectivity index (χ2n) is 6.28. The second-order valence-corrected chi connectivity index (χ2v) is 6.28. The minimum Gasteiger partial charge on any atom is -0.497 e. The van der Waals surface area contributed by atoms with Gasteiger partial charge < -0.3 is 25.0 Å². The smallest absolute Gasteiger partial charge is 0.191 e. The summed E-state index contributed by atoms with van der Waals surface area (Å²) in [7, 11) is 7.55. The minimum atomic E-state index is 0.195. The van der Waals surface area contributed by atoms with Crippen LogP contribution in [0.4, 0.5) is 0 Å². The van der Waals surface area contributed by atoms with Crippen molar-refractivity contribution in [2.75, 3.05) is 48.0 Å². The molecule has 0 saturated heterocycles. The lowest BCUT2D eigenvalue weighted by molar-refractivity contribution is 0.203. The Bertz CT molecular complexity index is 530. The van der Waals surface area contributed by atoms with Gasteiger partial charge in [-0.2, -0.15) is 0 Å². The maximum atomic E-state index is 5.34. The van der Waals surface area contributed by atoms with Gasteiger partial charge in [0.2, 0.25) is 0 Å². The predicted octanol–water partition coefficient (Wildman–Crippen LogP) is 1.64. The van der Waals surface area contributed by atoms with Crippen molar-refractivity contribution in [2.24, 2.45) is 4.99 Å². The molecule has 2 N–H and O–H groups in total. The standard InChI is InChI=1S/C18H30N4O2/c1-22(2)17(14-6-5-7-16(12-14)24-4)13-20-18(19-10-11-23-3)21-15-8-9-15/h5-7,12,15,17H,8-11,13H2,1-4H3,(H2,19,20,21)/t17-/m0/s1. The fourth-order valence-corrected chi connectivity index (χ4v) is 2.44. The molecule has 1 aromatic rings. The fraction of sp³-hybridized carbons (Fsp3) is 0.611. The molecule has 6 nitrogen and oxygen atoms in total. The molecule has 0 unspecified atom stereocenters. The van der Waals surface area contributed by atoms with Crippen LogP contribution in [0.25, 0.3) is 0 Å². The molecule has 0 spiro atoms. The van der Waals surface area contributed by atoms with E-state index >= 15 is 0 Å². The third-order valence-corrected chi connectivity index (χ3v) is 4.04. The molecule has 0 amide bonds. The topological polar surface area (TPSA) is 58.1 Å². The Balaban J connectivity index is 2.05. The number of aliphatic imine (C=N–C) groups is 1. The summed E-state index contributed by atoms with van der Waals surface area (Å²) in [6, 6.07) is 8.94. The quantitative estimate of drug-likeness (QED) is 0.408. The lowest BCUT2D eigenvalue weighted by atomic mass is 10.1.